The first-order valence-corrected chi connectivity index (χ1v) is 11.3. The number of amides is 1. The smallest absolute Gasteiger partial charge is 0.283 e. The van der Waals surface area contributed by atoms with Crippen molar-refractivity contribution < 1.29 is 17.6 Å². The molecule has 2 aromatic rings. The second-order valence-electron chi connectivity index (χ2n) is 8.25. The number of aromatic nitrogens is 1. The molecule has 0 radical (unpaired) electrons. The molecule has 1 aliphatic heterocycles. The largest absolute Gasteiger partial charge is 0.377 e. The number of rotatable bonds is 4. The summed E-state index contributed by atoms with van der Waals surface area (Å²) in [7, 11) is -3.64. The molecule has 1 aliphatic carbocycles. The predicted molar refractivity (Wildman–Crippen MR) is 109 cm³/mol. The fourth-order valence-corrected chi connectivity index (χ4v) is 5.16. The minimum atomic E-state index is -3.64. The van der Waals surface area contributed by atoms with Crippen LogP contribution in [0.3, 0.4) is 0 Å². The van der Waals surface area contributed by atoms with Gasteiger partial charge in [0.15, 0.2) is 0 Å². The minimum absolute atomic E-state index is 0.0612. The maximum absolute atomic E-state index is 13.5. The summed E-state index contributed by atoms with van der Waals surface area (Å²) in [5.41, 5.74) is 2.19. The first-order chi connectivity index (χ1) is 13.6. The predicted octanol–water partition coefficient (Wildman–Crippen LogP) is 3.93. The van der Waals surface area contributed by atoms with E-state index >= 15 is 0 Å². The summed E-state index contributed by atoms with van der Waals surface area (Å²) in [4.78, 5) is 16.6. The van der Waals surface area contributed by atoms with E-state index in [-0.39, 0.29) is 22.2 Å². The molecule has 2 heterocycles. The highest BCUT2D eigenvalue weighted by molar-refractivity contribution is 7.91. The van der Waals surface area contributed by atoms with Crippen molar-refractivity contribution in [1.29, 1.82) is 0 Å². The van der Waals surface area contributed by atoms with Crippen molar-refractivity contribution in [3.8, 4) is 0 Å². The molecule has 29 heavy (non-hydrogen) atoms. The zero-order valence-corrected chi connectivity index (χ0v) is 17.6. The summed E-state index contributed by atoms with van der Waals surface area (Å²) in [6, 6.07) is 6.17. The van der Waals surface area contributed by atoms with Gasteiger partial charge in [-0.25, -0.2) is 22.5 Å². The molecule has 154 valence electrons. The lowest BCUT2D eigenvalue weighted by Crippen LogP contribution is -2.35. The van der Waals surface area contributed by atoms with E-state index < -0.39 is 27.0 Å². The van der Waals surface area contributed by atoms with Gasteiger partial charge in [-0.1, -0.05) is 31.5 Å². The number of carbonyl (C=O) groups excluding carboxylic acids is 1. The van der Waals surface area contributed by atoms with Crippen molar-refractivity contribution in [2.75, 3.05) is 5.32 Å². The normalized spacial score (nSPS) is 20.5. The molecule has 6 nitrogen and oxygen atoms in total. The molecule has 1 unspecified atom stereocenters. The number of hydrogen-bond acceptors (Lipinski definition) is 5. The van der Waals surface area contributed by atoms with Crippen molar-refractivity contribution in [2.45, 2.75) is 49.8 Å². The van der Waals surface area contributed by atoms with E-state index in [1.807, 2.05) is 13.8 Å². The Balaban J connectivity index is 1.61. The van der Waals surface area contributed by atoms with Crippen LogP contribution in [0, 0.1) is 5.82 Å². The Hall–Kier alpha value is -2.19. The van der Waals surface area contributed by atoms with Crippen molar-refractivity contribution >= 4 is 33.2 Å². The van der Waals surface area contributed by atoms with E-state index in [0.717, 1.165) is 16.8 Å². The van der Waals surface area contributed by atoms with Gasteiger partial charge in [0.2, 0.25) is 10.0 Å². The van der Waals surface area contributed by atoms with Crippen molar-refractivity contribution in [3.63, 3.8) is 0 Å². The van der Waals surface area contributed by atoms with Crippen LogP contribution in [0.2, 0.25) is 5.02 Å². The fourth-order valence-electron chi connectivity index (χ4n) is 3.69. The van der Waals surface area contributed by atoms with E-state index in [1.54, 1.807) is 18.2 Å². The lowest BCUT2D eigenvalue weighted by molar-refractivity contribution is 0.0976. The van der Waals surface area contributed by atoms with Gasteiger partial charge in [0.1, 0.15) is 11.5 Å². The molecule has 0 spiro atoms. The Kier molecular flexibility index (Phi) is 4.82. The van der Waals surface area contributed by atoms with Crippen molar-refractivity contribution in [3.05, 3.63) is 58.1 Å². The van der Waals surface area contributed by atoms with Crippen molar-refractivity contribution in [1.82, 2.24) is 9.71 Å². The molecule has 1 saturated carbocycles. The summed E-state index contributed by atoms with van der Waals surface area (Å²) in [6.07, 6.45) is 3.36. The topological polar surface area (TPSA) is 88.2 Å². The molecule has 1 aromatic carbocycles. The lowest BCUT2D eigenvalue weighted by Gasteiger charge is -2.39. The molecule has 2 N–H and O–H groups in total. The number of sulfonamides is 1. The Morgan fingerprint density at radius 3 is 2.69 bits per heavy atom. The Labute approximate surface area is 173 Å². The summed E-state index contributed by atoms with van der Waals surface area (Å²) >= 11 is 5.93. The number of nitrogens with one attached hydrogen (secondary N) is 2. The van der Waals surface area contributed by atoms with E-state index in [0.29, 0.717) is 19.3 Å². The number of fused-ring (bicyclic) bond motifs is 1. The van der Waals surface area contributed by atoms with Crippen LogP contribution in [0.4, 0.5) is 10.1 Å². The molecular weight excluding hydrogens is 417 g/mol. The highest BCUT2D eigenvalue weighted by atomic mass is 35.5. The SMILES string of the molecule is CC1(C)CC(c2ccc(F)c(Cl)c2)Nc2cnc(C(=O)NS(=O)(=O)C3CC3)cc21. The third kappa shape index (κ3) is 3.96. The summed E-state index contributed by atoms with van der Waals surface area (Å²) < 4.78 is 39.7. The molecule has 1 atom stereocenters. The molecule has 1 aromatic heterocycles. The molecule has 0 saturated heterocycles. The van der Waals surface area contributed by atoms with Gasteiger partial charge in [0.05, 0.1) is 28.2 Å². The molecule has 1 fully saturated rings. The van der Waals surface area contributed by atoms with Gasteiger partial charge < -0.3 is 5.32 Å². The van der Waals surface area contributed by atoms with Gasteiger partial charge in [-0.15, -0.1) is 0 Å². The first-order valence-electron chi connectivity index (χ1n) is 9.35. The average Bonchev–Trinajstić information content (AvgIpc) is 3.48. The maximum atomic E-state index is 13.5. The number of carbonyl (C=O) groups is 1. The number of hydrogen-bond donors (Lipinski definition) is 2. The van der Waals surface area contributed by atoms with Gasteiger partial charge in [0, 0.05) is 0 Å². The molecule has 9 heteroatoms. The molecule has 0 bridgehead atoms. The highest BCUT2D eigenvalue weighted by Crippen LogP contribution is 2.44. The second kappa shape index (κ2) is 6.95. The zero-order chi connectivity index (χ0) is 21.0. The van der Waals surface area contributed by atoms with Crippen LogP contribution in [0.5, 0.6) is 0 Å². The van der Waals surface area contributed by atoms with Gasteiger partial charge in [-0.05, 0) is 54.0 Å². The van der Waals surface area contributed by atoms with Crippen LogP contribution in [0.25, 0.3) is 0 Å². The molecule has 1 amide bonds. The van der Waals surface area contributed by atoms with Crippen LogP contribution >= 0.6 is 11.6 Å². The van der Waals surface area contributed by atoms with Gasteiger partial charge >= 0.3 is 0 Å². The first kappa shape index (κ1) is 20.1. The van der Waals surface area contributed by atoms with E-state index in [9.17, 15) is 17.6 Å². The monoisotopic (exact) mass is 437 g/mol. The Morgan fingerprint density at radius 1 is 1.31 bits per heavy atom. The van der Waals surface area contributed by atoms with E-state index in [1.165, 1.54) is 12.3 Å². The Morgan fingerprint density at radius 2 is 2.03 bits per heavy atom. The van der Waals surface area contributed by atoms with E-state index in [4.69, 9.17) is 11.6 Å². The number of benzene rings is 1. The highest BCUT2D eigenvalue weighted by Gasteiger charge is 2.38. The average molecular weight is 438 g/mol. The van der Waals surface area contributed by atoms with Crippen LogP contribution in [0.15, 0.2) is 30.5 Å². The maximum Gasteiger partial charge on any atom is 0.283 e. The third-order valence-electron chi connectivity index (χ3n) is 5.45. The van der Waals surface area contributed by atoms with Crippen LogP contribution in [-0.2, 0) is 15.4 Å². The Bertz CT molecular complexity index is 1100. The fraction of sp³-hybridized carbons (Fsp3) is 0.400. The number of halogens is 2. The third-order valence-corrected chi connectivity index (χ3v) is 7.56. The number of anilines is 1. The van der Waals surface area contributed by atoms with Crippen LogP contribution < -0.4 is 10.0 Å². The minimum Gasteiger partial charge on any atom is -0.377 e. The molecular formula is C20H21ClFN3O3S. The van der Waals surface area contributed by atoms with Gasteiger partial charge in [-0.3, -0.25) is 4.79 Å². The quantitative estimate of drug-likeness (QED) is 0.756. The standard InChI is InChI=1S/C20H21ClFN3O3S/c1-20(2)9-17(11-3-6-15(22)14(21)7-11)24-18-10-23-16(8-13(18)20)19(26)25-29(27,28)12-4-5-12/h3,6-8,10,12,17,24H,4-5,9H2,1-2H3,(H,25,26). The lowest BCUT2D eigenvalue weighted by atomic mass is 9.74. The van der Waals surface area contributed by atoms with Crippen LogP contribution in [-0.4, -0.2) is 24.6 Å². The number of pyridine rings is 1. The van der Waals surface area contributed by atoms with E-state index in [2.05, 4.69) is 15.0 Å². The summed E-state index contributed by atoms with van der Waals surface area (Å²) in [6.45, 7) is 4.07. The summed E-state index contributed by atoms with van der Waals surface area (Å²) in [5, 5.41) is 2.95. The van der Waals surface area contributed by atoms with Crippen molar-refractivity contribution in [2.24, 2.45) is 0 Å². The van der Waals surface area contributed by atoms with Gasteiger partial charge in [0.25, 0.3) is 5.91 Å². The zero-order valence-electron chi connectivity index (χ0n) is 16.0. The van der Waals surface area contributed by atoms with Gasteiger partial charge in [-0.2, -0.15) is 0 Å². The van der Waals surface area contributed by atoms with Crippen LogP contribution in [0.1, 0.15) is 60.8 Å². The molecule has 4 rings (SSSR count). The molecule has 2 aliphatic rings. The summed E-state index contributed by atoms with van der Waals surface area (Å²) in [5.74, 6) is -1.19. The number of nitrogens with zero attached hydrogens (tertiary/aromatic N) is 1. The second-order valence-corrected chi connectivity index (χ2v) is 10.6.